The van der Waals surface area contributed by atoms with Crippen LogP contribution in [0, 0.1) is 0 Å². The van der Waals surface area contributed by atoms with Gasteiger partial charge < -0.3 is 0 Å². The highest BCUT2D eigenvalue weighted by atomic mass is 14.2. The van der Waals surface area contributed by atoms with E-state index in [1.165, 1.54) is 44.5 Å². The van der Waals surface area contributed by atoms with Gasteiger partial charge in [-0.15, -0.1) is 0 Å². The second kappa shape index (κ2) is 7.44. The number of hydrogen-bond donors (Lipinski definition) is 0. The summed E-state index contributed by atoms with van der Waals surface area (Å²) in [5.41, 5.74) is 11.3. The Kier molecular flexibility index (Phi) is 4.64. The first kappa shape index (κ1) is 18.1. The molecule has 0 aromatic heterocycles. The molecule has 0 amide bonds. The third kappa shape index (κ3) is 3.34. The molecule has 0 bridgehead atoms. The molecular weight excluding hydrogens is 346 g/mol. The SMILES string of the molecule is BC(c1ccccc1)c1ccc2c(c1)Cc1cc(C(B)c3ccccc3)ccc1-2. The summed E-state index contributed by atoms with van der Waals surface area (Å²) in [6.45, 7) is 0. The van der Waals surface area contributed by atoms with Crippen molar-refractivity contribution in [2.24, 2.45) is 0 Å². The van der Waals surface area contributed by atoms with E-state index >= 15 is 0 Å². The van der Waals surface area contributed by atoms with Crippen LogP contribution >= 0.6 is 0 Å². The zero-order valence-electron chi connectivity index (χ0n) is 17.1. The normalized spacial score (nSPS) is 14.1. The van der Waals surface area contributed by atoms with Gasteiger partial charge in [0, 0.05) is 0 Å². The van der Waals surface area contributed by atoms with Crippen molar-refractivity contribution in [2.45, 2.75) is 18.1 Å². The van der Waals surface area contributed by atoms with Crippen LogP contribution in [0.1, 0.15) is 45.0 Å². The summed E-state index contributed by atoms with van der Waals surface area (Å²) in [6, 6.07) is 35.7. The van der Waals surface area contributed by atoms with Gasteiger partial charge in [0.25, 0.3) is 0 Å². The van der Waals surface area contributed by atoms with Crippen molar-refractivity contribution in [2.75, 3.05) is 0 Å². The van der Waals surface area contributed by atoms with Gasteiger partial charge in [0.2, 0.25) is 0 Å². The van der Waals surface area contributed by atoms with Crippen LogP contribution in [0.5, 0.6) is 0 Å². The molecule has 0 saturated carbocycles. The van der Waals surface area contributed by atoms with E-state index in [1.807, 2.05) is 0 Å². The molecule has 5 rings (SSSR count). The Morgan fingerprint density at radius 1 is 0.483 bits per heavy atom. The molecule has 0 radical (unpaired) electrons. The van der Waals surface area contributed by atoms with E-state index in [1.54, 1.807) is 0 Å². The fourth-order valence-electron chi connectivity index (χ4n) is 4.66. The Bertz CT molecular complexity index is 1060. The van der Waals surface area contributed by atoms with Crippen molar-refractivity contribution in [1.82, 2.24) is 0 Å². The van der Waals surface area contributed by atoms with E-state index in [2.05, 4.69) is 113 Å². The van der Waals surface area contributed by atoms with Crippen LogP contribution in [0.2, 0.25) is 0 Å². The van der Waals surface area contributed by atoms with Crippen molar-refractivity contribution in [3.63, 3.8) is 0 Å². The van der Waals surface area contributed by atoms with Crippen molar-refractivity contribution in [1.29, 1.82) is 0 Å². The molecule has 0 saturated heterocycles. The molecule has 0 heterocycles. The fourth-order valence-corrected chi connectivity index (χ4v) is 4.66. The highest BCUT2D eigenvalue weighted by molar-refractivity contribution is 6.15. The van der Waals surface area contributed by atoms with Crippen LogP contribution in [0.3, 0.4) is 0 Å². The molecule has 4 aromatic rings. The minimum atomic E-state index is 0.416. The number of hydrogen-bond acceptors (Lipinski definition) is 0. The lowest BCUT2D eigenvalue weighted by Crippen LogP contribution is -2.01. The average Bonchev–Trinajstić information content (AvgIpc) is 3.16. The van der Waals surface area contributed by atoms with E-state index in [4.69, 9.17) is 0 Å². The van der Waals surface area contributed by atoms with Crippen molar-refractivity contribution in [3.05, 3.63) is 130 Å². The molecule has 0 aliphatic heterocycles. The predicted octanol–water partition coefficient (Wildman–Crippen LogP) is 4.70. The second-order valence-electron chi connectivity index (χ2n) is 8.27. The summed E-state index contributed by atoms with van der Waals surface area (Å²) in [4.78, 5) is 0. The van der Waals surface area contributed by atoms with E-state index in [0.29, 0.717) is 11.6 Å². The van der Waals surface area contributed by atoms with Crippen LogP contribution in [0.25, 0.3) is 11.1 Å². The first-order valence-corrected chi connectivity index (χ1v) is 10.6. The third-order valence-electron chi connectivity index (χ3n) is 6.53. The summed E-state index contributed by atoms with van der Waals surface area (Å²) in [5, 5.41) is 0. The topological polar surface area (TPSA) is 0 Å². The zero-order chi connectivity index (χ0) is 19.8. The zero-order valence-corrected chi connectivity index (χ0v) is 17.1. The lowest BCUT2D eigenvalue weighted by molar-refractivity contribution is 1.11. The predicted molar refractivity (Wildman–Crippen MR) is 128 cm³/mol. The van der Waals surface area contributed by atoms with E-state index in [9.17, 15) is 0 Å². The van der Waals surface area contributed by atoms with Gasteiger partial charge in [0.05, 0.1) is 0 Å². The molecule has 1 aliphatic carbocycles. The van der Waals surface area contributed by atoms with Crippen molar-refractivity contribution in [3.8, 4) is 11.1 Å². The minimum Gasteiger partial charge on any atom is -0.0622 e. The summed E-state index contributed by atoms with van der Waals surface area (Å²) < 4.78 is 0. The van der Waals surface area contributed by atoms with Gasteiger partial charge in [-0.2, -0.15) is 0 Å². The number of benzene rings is 4. The summed E-state index contributed by atoms with van der Waals surface area (Å²) in [6.07, 6.45) is 1.04. The maximum Gasteiger partial charge on any atom is 0.116 e. The molecule has 1 aliphatic rings. The number of rotatable bonds is 4. The molecule has 2 unspecified atom stereocenters. The third-order valence-corrected chi connectivity index (χ3v) is 6.53. The maximum absolute atomic E-state index is 2.42. The molecule has 0 fully saturated rings. The molecule has 138 valence electrons. The summed E-state index contributed by atoms with van der Waals surface area (Å²) in [7, 11) is 4.61. The standard InChI is InChI=1S/C27H24B2/c28-26(18-7-3-1-4-8-18)20-11-13-24-22(15-20)17-23-16-21(12-14-25(23)24)27(29)19-9-5-2-6-10-19/h1-16,26-27H,17,28-29H2. The Morgan fingerprint density at radius 3 is 1.31 bits per heavy atom. The smallest absolute Gasteiger partial charge is 0.0622 e. The lowest BCUT2D eigenvalue weighted by atomic mass is 9.75. The van der Waals surface area contributed by atoms with Gasteiger partial charge in [0.1, 0.15) is 15.7 Å². The first-order chi connectivity index (χ1) is 14.2. The number of fused-ring (bicyclic) bond motifs is 3. The quantitative estimate of drug-likeness (QED) is 0.402. The van der Waals surface area contributed by atoms with Gasteiger partial charge in [0.15, 0.2) is 0 Å². The average molecular weight is 370 g/mol. The minimum absolute atomic E-state index is 0.416. The van der Waals surface area contributed by atoms with Crippen LogP contribution in [0.4, 0.5) is 0 Å². The van der Waals surface area contributed by atoms with Crippen LogP contribution < -0.4 is 0 Å². The molecule has 0 spiro atoms. The van der Waals surface area contributed by atoms with Crippen LogP contribution in [-0.4, -0.2) is 15.7 Å². The Morgan fingerprint density at radius 2 is 0.897 bits per heavy atom. The van der Waals surface area contributed by atoms with Gasteiger partial charge in [-0.25, -0.2) is 0 Å². The highest BCUT2D eigenvalue weighted by Gasteiger charge is 2.21. The largest absolute Gasteiger partial charge is 0.116 e. The molecule has 4 aromatic carbocycles. The Labute approximate surface area is 175 Å². The van der Waals surface area contributed by atoms with E-state index in [0.717, 1.165) is 6.42 Å². The van der Waals surface area contributed by atoms with Gasteiger partial charge in [-0.05, 0) is 62.6 Å². The van der Waals surface area contributed by atoms with E-state index < -0.39 is 0 Å². The second-order valence-corrected chi connectivity index (χ2v) is 8.27. The first-order valence-electron chi connectivity index (χ1n) is 10.6. The van der Waals surface area contributed by atoms with Crippen molar-refractivity contribution >= 4 is 15.7 Å². The monoisotopic (exact) mass is 370 g/mol. The summed E-state index contributed by atoms with van der Waals surface area (Å²) >= 11 is 0. The maximum atomic E-state index is 2.42. The Balaban J connectivity index is 1.45. The van der Waals surface area contributed by atoms with Gasteiger partial charge in [-0.1, -0.05) is 97.1 Å². The Hall–Kier alpha value is -2.99. The van der Waals surface area contributed by atoms with Gasteiger partial charge in [-0.3, -0.25) is 0 Å². The molecule has 0 nitrogen and oxygen atoms in total. The van der Waals surface area contributed by atoms with Crippen LogP contribution in [-0.2, 0) is 6.42 Å². The fraction of sp³-hybridized carbons (Fsp3) is 0.111. The molecular formula is C27H24B2. The van der Waals surface area contributed by atoms with Crippen molar-refractivity contribution < 1.29 is 0 Å². The van der Waals surface area contributed by atoms with Gasteiger partial charge >= 0.3 is 0 Å². The van der Waals surface area contributed by atoms with E-state index in [-0.39, 0.29) is 0 Å². The summed E-state index contributed by atoms with van der Waals surface area (Å²) in [5.74, 6) is 0.831. The molecule has 0 N–H and O–H groups in total. The molecule has 2 atom stereocenters. The molecule has 29 heavy (non-hydrogen) atoms. The lowest BCUT2D eigenvalue weighted by Gasteiger charge is -2.14. The molecule has 2 heteroatoms. The van der Waals surface area contributed by atoms with Crippen LogP contribution in [0.15, 0.2) is 97.1 Å². The highest BCUT2D eigenvalue weighted by Crippen LogP contribution is 2.40.